The number of primary amides is 1. The number of piperidine rings is 1. The number of carbonyl (C=O) groups is 3. The van der Waals surface area contributed by atoms with Crippen LogP contribution in [0.4, 0.5) is 4.79 Å². The summed E-state index contributed by atoms with van der Waals surface area (Å²) in [5.41, 5.74) is 4.82. The lowest BCUT2D eigenvalue weighted by Gasteiger charge is -2.31. The predicted molar refractivity (Wildman–Crippen MR) is 59.1 cm³/mol. The molecule has 0 aromatic rings. The molecule has 0 aromatic carbocycles. The summed E-state index contributed by atoms with van der Waals surface area (Å²) in [7, 11) is 0. The third-order valence-electron chi connectivity index (χ3n) is 2.70. The molecule has 17 heavy (non-hydrogen) atoms. The SMILES string of the molecule is NC(=O)NC(=O)CN1CCCC(CC(=O)O)C1. The van der Waals surface area contributed by atoms with Gasteiger partial charge in [-0.05, 0) is 25.3 Å². The van der Waals surface area contributed by atoms with Crippen LogP contribution in [0, 0.1) is 5.92 Å². The van der Waals surface area contributed by atoms with Crippen molar-refractivity contribution in [2.45, 2.75) is 19.3 Å². The number of rotatable bonds is 4. The Hall–Kier alpha value is -1.63. The van der Waals surface area contributed by atoms with E-state index in [1.54, 1.807) is 0 Å². The van der Waals surface area contributed by atoms with E-state index < -0.39 is 17.9 Å². The number of nitrogens with zero attached hydrogens (tertiary/aromatic N) is 1. The Balaban J connectivity index is 2.36. The summed E-state index contributed by atoms with van der Waals surface area (Å²) in [6.07, 6.45) is 1.84. The van der Waals surface area contributed by atoms with Crippen molar-refractivity contribution in [2.24, 2.45) is 11.7 Å². The number of nitrogens with one attached hydrogen (secondary N) is 1. The normalized spacial score (nSPS) is 20.8. The Bertz CT molecular complexity index is 319. The third kappa shape index (κ3) is 5.30. The van der Waals surface area contributed by atoms with Crippen LogP contribution in [0.15, 0.2) is 0 Å². The first-order chi connectivity index (χ1) is 7.97. The average Bonchev–Trinajstić information content (AvgIpc) is 2.14. The van der Waals surface area contributed by atoms with Crippen molar-refractivity contribution in [3.05, 3.63) is 0 Å². The molecule has 7 nitrogen and oxygen atoms in total. The second-order valence-electron chi connectivity index (χ2n) is 4.25. The summed E-state index contributed by atoms with van der Waals surface area (Å²) in [6.45, 7) is 1.39. The highest BCUT2D eigenvalue weighted by Gasteiger charge is 2.23. The second kappa shape index (κ2) is 6.19. The van der Waals surface area contributed by atoms with E-state index in [1.807, 2.05) is 10.2 Å². The first kappa shape index (κ1) is 13.4. The van der Waals surface area contributed by atoms with Gasteiger partial charge < -0.3 is 10.8 Å². The van der Waals surface area contributed by atoms with Crippen LogP contribution in [-0.4, -0.2) is 47.5 Å². The zero-order valence-electron chi connectivity index (χ0n) is 9.52. The quantitative estimate of drug-likeness (QED) is 0.608. The van der Waals surface area contributed by atoms with Gasteiger partial charge in [0.15, 0.2) is 0 Å². The van der Waals surface area contributed by atoms with Gasteiger partial charge in [0.25, 0.3) is 0 Å². The lowest BCUT2D eigenvalue weighted by Crippen LogP contribution is -2.45. The van der Waals surface area contributed by atoms with E-state index in [9.17, 15) is 14.4 Å². The van der Waals surface area contributed by atoms with Crippen LogP contribution < -0.4 is 11.1 Å². The number of carbonyl (C=O) groups excluding carboxylic acids is 2. The van der Waals surface area contributed by atoms with Crippen LogP contribution in [0.2, 0.25) is 0 Å². The number of hydrogen-bond donors (Lipinski definition) is 3. The maximum Gasteiger partial charge on any atom is 0.318 e. The van der Waals surface area contributed by atoms with Crippen molar-refractivity contribution in [3.8, 4) is 0 Å². The molecule has 4 N–H and O–H groups in total. The fourth-order valence-corrected chi connectivity index (χ4v) is 2.09. The van der Waals surface area contributed by atoms with Gasteiger partial charge in [-0.25, -0.2) is 4.79 Å². The smallest absolute Gasteiger partial charge is 0.318 e. The van der Waals surface area contributed by atoms with E-state index in [0.717, 1.165) is 19.4 Å². The lowest BCUT2D eigenvalue weighted by molar-refractivity contribution is -0.138. The first-order valence-corrected chi connectivity index (χ1v) is 5.51. The van der Waals surface area contributed by atoms with Gasteiger partial charge in [-0.2, -0.15) is 0 Å². The van der Waals surface area contributed by atoms with Crippen molar-refractivity contribution >= 4 is 17.9 Å². The number of urea groups is 1. The van der Waals surface area contributed by atoms with Gasteiger partial charge >= 0.3 is 12.0 Å². The van der Waals surface area contributed by atoms with E-state index in [1.165, 1.54) is 0 Å². The van der Waals surface area contributed by atoms with Crippen LogP contribution in [0.5, 0.6) is 0 Å². The largest absolute Gasteiger partial charge is 0.481 e. The van der Waals surface area contributed by atoms with Crippen molar-refractivity contribution < 1.29 is 19.5 Å². The van der Waals surface area contributed by atoms with Gasteiger partial charge in [0.1, 0.15) is 0 Å². The zero-order chi connectivity index (χ0) is 12.8. The van der Waals surface area contributed by atoms with E-state index in [4.69, 9.17) is 10.8 Å². The highest BCUT2D eigenvalue weighted by molar-refractivity contribution is 5.94. The molecule has 1 aliphatic heterocycles. The minimum Gasteiger partial charge on any atom is -0.481 e. The Morgan fingerprint density at radius 1 is 1.41 bits per heavy atom. The molecule has 0 aliphatic carbocycles. The number of aliphatic carboxylic acids is 1. The number of nitrogens with two attached hydrogens (primary N) is 1. The lowest BCUT2D eigenvalue weighted by atomic mass is 9.95. The molecule has 1 aliphatic rings. The number of carboxylic acid groups (broad SMARTS) is 1. The number of imide groups is 1. The van der Waals surface area contributed by atoms with Crippen molar-refractivity contribution in [1.29, 1.82) is 0 Å². The van der Waals surface area contributed by atoms with E-state index in [2.05, 4.69) is 0 Å². The molecule has 1 atom stereocenters. The summed E-state index contributed by atoms with van der Waals surface area (Å²) in [4.78, 5) is 34.2. The number of carboxylic acids is 1. The minimum atomic E-state index is -0.867. The van der Waals surface area contributed by atoms with Crippen molar-refractivity contribution in [2.75, 3.05) is 19.6 Å². The number of likely N-dealkylation sites (tertiary alicyclic amines) is 1. The molecule has 3 amide bonds. The van der Waals surface area contributed by atoms with Crippen LogP contribution in [-0.2, 0) is 9.59 Å². The number of hydrogen-bond acceptors (Lipinski definition) is 4. The van der Waals surface area contributed by atoms with Gasteiger partial charge in [-0.15, -0.1) is 0 Å². The molecule has 0 spiro atoms. The maximum atomic E-state index is 11.3. The predicted octanol–water partition coefficient (Wildman–Crippen LogP) is -0.632. The highest BCUT2D eigenvalue weighted by Crippen LogP contribution is 2.19. The summed E-state index contributed by atoms with van der Waals surface area (Å²) in [5.74, 6) is -1.20. The topological polar surface area (TPSA) is 113 Å². The zero-order valence-corrected chi connectivity index (χ0v) is 9.52. The molecule has 1 unspecified atom stereocenters. The Morgan fingerprint density at radius 2 is 2.12 bits per heavy atom. The van der Waals surface area contributed by atoms with Gasteiger partial charge in [-0.3, -0.25) is 19.8 Å². The molecule has 1 rings (SSSR count). The molecule has 0 bridgehead atoms. The average molecular weight is 243 g/mol. The summed E-state index contributed by atoms with van der Waals surface area (Å²) >= 11 is 0. The molecule has 0 radical (unpaired) electrons. The minimum absolute atomic E-state index is 0.0719. The molecule has 96 valence electrons. The fraction of sp³-hybridized carbons (Fsp3) is 0.700. The Kier molecular flexibility index (Phi) is 4.89. The standard InChI is InChI=1S/C10H17N3O4/c11-10(17)12-8(14)6-13-3-1-2-7(5-13)4-9(15)16/h7H,1-6H2,(H,15,16)(H3,11,12,14,17). The highest BCUT2D eigenvalue weighted by atomic mass is 16.4. The molecular formula is C10H17N3O4. The van der Waals surface area contributed by atoms with Crippen LogP contribution >= 0.6 is 0 Å². The Labute approximate surface area is 98.9 Å². The van der Waals surface area contributed by atoms with Crippen LogP contribution in [0.1, 0.15) is 19.3 Å². The summed E-state index contributed by atoms with van der Waals surface area (Å²) in [5, 5.41) is 10.7. The number of amides is 3. The van der Waals surface area contributed by atoms with E-state index in [-0.39, 0.29) is 18.9 Å². The first-order valence-electron chi connectivity index (χ1n) is 5.51. The van der Waals surface area contributed by atoms with Gasteiger partial charge in [0.2, 0.25) is 5.91 Å². The molecular weight excluding hydrogens is 226 g/mol. The van der Waals surface area contributed by atoms with E-state index in [0.29, 0.717) is 6.54 Å². The van der Waals surface area contributed by atoms with Crippen LogP contribution in [0.3, 0.4) is 0 Å². The molecule has 1 heterocycles. The summed E-state index contributed by atoms with van der Waals surface area (Å²) < 4.78 is 0. The molecule has 0 saturated carbocycles. The summed E-state index contributed by atoms with van der Waals surface area (Å²) in [6, 6.07) is -0.867. The van der Waals surface area contributed by atoms with Gasteiger partial charge in [-0.1, -0.05) is 0 Å². The Morgan fingerprint density at radius 3 is 2.71 bits per heavy atom. The van der Waals surface area contributed by atoms with Gasteiger partial charge in [0, 0.05) is 13.0 Å². The van der Waals surface area contributed by atoms with Crippen molar-refractivity contribution in [1.82, 2.24) is 10.2 Å². The van der Waals surface area contributed by atoms with Crippen LogP contribution in [0.25, 0.3) is 0 Å². The van der Waals surface area contributed by atoms with E-state index >= 15 is 0 Å². The van der Waals surface area contributed by atoms with Crippen molar-refractivity contribution in [3.63, 3.8) is 0 Å². The molecule has 1 fully saturated rings. The fourth-order valence-electron chi connectivity index (χ4n) is 2.09. The second-order valence-corrected chi connectivity index (χ2v) is 4.25. The maximum absolute atomic E-state index is 11.3. The molecule has 0 aromatic heterocycles. The third-order valence-corrected chi connectivity index (χ3v) is 2.70. The van der Waals surface area contributed by atoms with Gasteiger partial charge in [0.05, 0.1) is 6.54 Å². The monoisotopic (exact) mass is 243 g/mol. The molecule has 1 saturated heterocycles. The molecule has 7 heteroatoms.